The highest BCUT2D eigenvalue weighted by Gasteiger charge is 2.12. The van der Waals surface area contributed by atoms with Gasteiger partial charge in [0.15, 0.2) is 5.96 Å². The van der Waals surface area contributed by atoms with E-state index >= 15 is 0 Å². The minimum absolute atomic E-state index is 0. The standard InChI is InChI=1S/C23H28N6O.HI/c1-28(2)22(30)16-26-23(25-14-18-10-6-4-7-11-18)29(3)17-21-24-15-20(27-21)19-12-8-5-9-13-19;/h4-13,15H,14,16-17H2,1-3H3,(H,24,27)(H,25,26);1H. The molecule has 1 heterocycles. The fourth-order valence-electron chi connectivity index (χ4n) is 2.88. The lowest BCUT2D eigenvalue weighted by Crippen LogP contribution is -2.43. The summed E-state index contributed by atoms with van der Waals surface area (Å²) in [6.45, 7) is 1.24. The number of guanidine groups is 1. The third kappa shape index (κ3) is 7.39. The van der Waals surface area contributed by atoms with Gasteiger partial charge in [0.05, 0.1) is 31.5 Å². The molecule has 31 heavy (non-hydrogen) atoms. The molecule has 7 nitrogen and oxygen atoms in total. The molecule has 0 saturated heterocycles. The first-order chi connectivity index (χ1) is 14.5. The van der Waals surface area contributed by atoms with Gasteiger partial charge in [0.25, 0.3) is 0 Å². The number of rotatable bonds is 7. The number of aromatic nitrogens is 2. The first-order valence-corrected chi connectivity index (χ1v) is 9.86. The summed E-state index contributed by atoms with van der Waals surface area (Å²) in [5.41, 5.74) is 3.16. The Bertz CT molecular complexity index is 972. The van der Waals surface area contributed by atoms with Gasteiger partial charge >= 0.3 is 0 Å². The normalized spacial score (nSPS) is 10.9. The molecule has 1 amide bonds. The molecule has 0 saturated carbocycles. The SMILES string of the molecule is CN(C)C(=O)CNC(=NCc1ccccc1)N(C)Cc1ncc(-c2ccccc2)[nH]1.I. The number of hydrogen-bond donors (Lipinski definition) is 2. The van der Waals surface area contributed by atoms with Gasteiger partial charge in [0.2, 0.25) is 5.91 Å². The van der Waals surface area contributed by atoms with Crippen LogP contribution in [0.5, 0.6) is 0 Å². The van der Waals surface area contributed by atoms with E-state index in [1.807, 2.05) is 78.8 Å². The van der Waals surface area contributed by atoms with Crippen molar-refractivity contribution in [2.24, 2.45) is 4.99 Å². The van der Waals surface area contributed by atoms with Crippen LogP contribution in [0.25, 0.3) is 11.3 Å². The number of hydrogen-bond acceptors (Lipinski definition) is 3. The number of H-pyrrole nitrogens is 1. The number of imidazole rings is 1. The quantitative estimate of drug-likeness (QED) is 0.278. The van der Waals surface area contributed by atoms with Gasteiger partial charge in [0, 0.05) is 21.1 Å². The highest BCUT2D eigenvalue weighted by atomic mass is 127. The summed E-state index contributed by atoms with van der Waals surface area (Å²) in [7, 11) is 5.41. The average molecular weight is 532 g/mol. The second kappa shape index (κ2) is 12.1. The highest BCUT2D eigenvalue weighted by Crippen LogP contribution is 2.16. The van der Waals surface area contributed by atoms with Crippen molar-refractivity contribution in [2.45, 2.75) is 13.1 Å². The zero-order valence-electron chi connectivity index (χ0n) is 18.1. The molecule has 0 atom stereocenters. The molecule has 0 aliphatic rings. The Hall–Kier alpha value is -2.88. The second-order valence-corrected chi connectivity index (χ2v) is 7.23. The van der Waals surface area contributed by atoms with Crippen LogP contribution in [-0.4, -0.2) is 59.3 Å². The van der Waals surface area contributed by atoms with Gasteiger partial charge in [-0.2, -0.15) is 0 Å². The van der Waals surface area contributed by atoms with E-state index in [0.717, 1.165) is 22.6 Å². The van der Waals surface area contributed by atoms with E-state index < -0.39 is 0 Å². The molecule has 2 N–H and O–H groups in total. The Balaban J connectivity index is 0.00000341. The monoisotopic (exact) mass is 532 g/mol. The molecule has 0 spiro atoms. The van der Waals surface area contributed by atoms with Crippen LogP contribution in [0.4, 0.5) is 0 Å². The van der Waals surface area contributed by atoms with Crippen LogP contribution in [0.3, 0.4) is 0 Å². The van der Waals surface area contributed by atoms with Crippen molar-refractivity contribution in [2.75, 3.05) is 27.7 Å². The lowest BCUT2D eigenvalue weighted by Gasteiger charge is -2.22. The number of nitrogens with one attached hydrogen (secondary N) is 2. The Morgan fingerprint density at radius 3 is 2.32 bits per heavy atom. The van der Waals surface area contributed by atoms with Crippen LogP contribution < -0.4 is 5.32 Å². The van der Waals surface area contributed by atoms with Crippen molar-refractivity contribution in [3.63, 3.8) is 0 Å². The Morgan fingerprint density at radius 2 is 1.68 bits per heavy atom. The fraction of sp³-hybridized carbons (Fsp3) is 0.261. The van der Waals surface area contributed by atoms with Crippen LogP contribution in [0, 0.1) is 0 Å². The summed E-state index contributed by atoms with van der Waals surface area (Å²) in [4.78, 5) is 28.1. The summed E-state index contributed by atoms with van der Waals surface area (Å²) in [6, 6.07) is 20.1. The smallest absolute Gasteiger partial charge is 0.241 e. The van der Waals surface area contributed by atoms with Gasteiger partial charge in [0.1, 0.15) is 5.82 Å². The topological polar surface area (TPSA) is 76.6 Å². The first kappa shape index (κ1) is 24.4. The number of halogens is 1. The summed E-state index contributed by atoms with van der Waals surface area (Å²) >= 11 is 0. The zero-order valence-corrected chi connectivity index (χ0v) is 20.4. The van der Waals surface area contributed by atoms with Gasteiger partial charge in [-0.3, -0.25) is 4.79 Å². The molecule has 0 aliphatic carbocycles. The molecule has 0 fully saturated rings. The van der Waals surface area contributed by atoms with Crippen molar-refractivity contribution in [1.82, 2.24) is 25.1 Å². The third-order valence-corrected chi connectivity index (χ3v) is 4.61. The lowest BCUT2D eigenvalue weighted by molar-refractivity contribution is -0.127. The number of carbonyl (C=O) groups excluding carboxylic acids is 1. The molecule has 1 aromatic heterocycles. The molecule has 0 aliphatic heterocycles. The summed E-state index contributed by atoms with van der Waals surface area (Å²) in [6.07, 6.45) is 1.84. The number of carbonyl (C=O) groups is 1. The van der Waals surface area contributed by atoms with Gasteiger partial charge in [-0.15, -0.1) is 24.0 Å². The number of likely N-dealkylation sites (N-methyl/N-ethyl adjacent to an activating group) is 1. The van der Waals surface area contributed by atoms with Crippen molar-refractivity contribution < 1.29 is 4.79 Å². The number of benzene rings is 2. The number of aromatic amines is 1. The lowest BCUT2D eigenvalue weighted by atomic mass is 10.2. The van der Waals surface area contributed by atoms with Gasteiger partial charge < -0.3 is 20.1 Å². The molecule has 0 bridgehead atoms. The van der Waals surface area contributed by atoms with E-state index in [2.05, 4.69) is 15.3 Å². The summed E-state index contributed by atoms with van der Waals surface area (Å²) in [5.74, 6) is 1.45. The molecular weight excluding hydrogens is 503 g/mol. The minimum atomic E-state index is -0.0137. The van der Waals surface area contributed by atoms with E-state index in [4.69, 9.17) is 4.99 Å². The zero-order chi connectivity index (χ0) is 21.3. The van der Waals surface area contributed by atoms with Crippen molar-refractivity contribution >= 4 is 35.8 Å². The van der Waals surface area contributed by atoms with Crippen LogP contribution in [0.15, 0.2) is 71.9 Å². The number of amides is 1. The average Bonchev–Trinajstić information content (AvgIpc) is 3.23. The van der Waals surface area contributed by atoms with Crippen LogP contribution in [-0.2, 0) is 17.9 Å². The molecule has 3 rings (SSSR count). The molecule has 8 heteroatoms. The fourth-order valence-corrected chi connectivity index (χ4v) is 2.88. The van der Waals surface area contributed by atoms with Crippen LogP contribution in [0.1, 0.15) is 11.4 Å². The third-order valence-electron chi connectivity index (χ3n) is 4.61. The Morgan fingerprint density at radius 1 is 1.03 bits per heavy atom. The summed E-state index contributed by atoms with van der Waals surface area (Å²) < 4.78 is 0. The predicted octanol–water partition coefficient (Wildman–Crippen LogP) is 3.36. The van der Waals surface area contributed by atoms with Crippen LogP contribution in [0.2, 0.25) is 0 Å². The van der Waals surface area contributed by atoms with E-state index in [0.29, 0.717) is 19.0 Å². The Kier molecular flexibility index (Phi) is 9.51. The Labute approximate surface area is 200 Å². The number of aliphatic imine (C=N–C) groups is 1. The molecule has 0 radical (unpaired) electrons. The largest absolute Gasteiger partial charge is 0.347 e. The maximum Gasteiger partial charge on any atom is 0.241 e. The highest BCUT2D eigenvalue weighted by molar-refractivity contribution is 14.0. The minimum Gasteiger partial charge on any atom is -0.347 e. The van der Waals surface area contributed by atoms with Crippen LogP contribution >= 0.6 is 24.0 Å². The van der Waals surface area contributed by atoms with E-state index in [1.165, 1.54) is 0 Å². The van der Waals surface area contributed by atoms with Gasteiger partial charge in [-0.25, -0.2) is 9.98 Å². The predicted molar refractivity (Wildman–Crippen MR) is 135 cm³/mol. The number of nitrogens with zero attached hydrogens (tertiary/aromatic N) is 4. The van der Waals surface area contributed by atoms with E-state index in [-0.39, 0.29) is 36.4 Å². The van der Waals surface area contributed by atoms with Crippen molar-refractivity contribution in [3.8, 4) is 11.3 Å². The summed E-state index contributed by atoms with van der Waals surface area (Å²) in [5, 5.41) is 3.17. The molecule has 2 aromatic carbocycles. The molecular formula is C23H29IN6O. The van der Waals surface area contributed by atoms with E-state index in [9.17, 15) is 4.79 Å². The molecule has 0 unspecified atom stereocenters. The van der Waals surface area contributed by atoms with E-state index in [1.54, 1.807) is 19.0 Å². The maximum atomic E-state index is 12.0. The van der Waals surface area contributed by atoms with Crippen molar-refractivity contribution in [1.29, 1.82) is 0 Å². The molecule has 3 aromatic rings. The van der Waals surface area contributed by atoms with Gasteiger partial charge in [-0.1, -0.05) is 60.7 Å². The maximum absolute atomic E-state index is 12.0. The first-order valence-electron chi connectivity index (χ1n) is 9.86. The second-order valence-electron chi connectivity index (χ2n) is 7.23. The van der Waals surface area contributed by atoms with Gasteiger partial charge in [-0.05, 0) is 11.1 Å². The molecule has 164 valence electrons. The van der Waals surface area contributed by atoms with Crippen molar-refractivity contribution in [3.05, 3.63) is 78.2 Å².